The Morgan fingerprint density at radius 3 is 0.797 bits per heavy atom. The second-order valence-corrected chi connectivity index (χ2v) is 18.6. The topological polar surface area (TPSA) is 149 Å². The number of unbranched alkanes of at least 4 members (excludes halogenated alkanes) is 34. The molecule has 0 saturated heterocycles. The maximum absolute atomic E-state index is 12.4. The molecule has 0 fully saturated rings. The summed E-state index contributed by atoms with van der Waals surface area (Å²) in [6.45, 7) is 2.28. The summed E-state index contributed by atoms with van der Waals surface area (Å²) in [5, 5.41) is 19.2. The van der Waals surface area contributed by atoms with Crippen molar-refractivity contribution in [2.45, 2.75) is 270 Å². The average molecular weight is 863 g/mol. The summed E-state index contributed by atoms with van der Waals surface area (Å²) in [7, 11) is -4.63. The first-order valence-corrected chi connectivity index (χ1v) is 26.5. The van der Waals surface area contributed by atoms with E-state index in [1.807, 2.05) is 0 Å². The lowest BCUT2D eigenvalue weighted by molar-refractivity contribution is -0.153. The van der Waals surface area contributed by atoms with Crippen LogP contribution in [0.3, 0.4) is 0 Å². The van der Waals surface area contributed by atoms with E-state index in [0.29, 0.717) is 12.8 Å². The Morgan fingerprint density at radius 2 is 0.593 bits per heavy atom. The third-order valence-corrected chi connectivity index (χ3v) is 12.3. The van der Waals surface area contributed by atoms with Crippen LogP contribution in [0.2, 0.25) is 0 Å². The number of phosphoric acid groups is 1. The van der Waals surface area contributed by atoms with Crippen LogP contribution in [0.1, 0.15) is 258 Å². The zero-order valence-electron chi connectivity index (χ0n) is 38.5. The van der Waals surface area contributed by atoms with Gasteiger partial charge < -0.3 is 24.6 Å². The molecule has 3 N–H and O–H groups in total. The van der Waals surface area contributed by atoms with Gasteiger partial charge in [0.05, 0.1) is 26.4 Å². The van der Waals surface area contributed by atoms with E-state index in [2.05, 4.69) is 13.8 Å². The van der Waals surface area contributed by atoms with Crippen molar-refractivity contribution in [3.05, 3.63) is 0 Å². The number of aliphatic hydroxyl groups is 2. The molecule has 59 heavy (non-hydrogen) atoms. The molecule has 0 aliphatic heterocycles. The van der Waals surface area contributed by atoms with Crippen LogP contribution in [0, 0.1) is 0 Å². The van der Waals surface area contributed by atoms with Crippen LogP contribution in [0.25, 0.3) is 0 Å². The number of rotatable bonds is 48. The van der Waals surface area contributed by atoms with Crippen LogP contribution >= 0.6 is 7.82 Å². The maximum Gasteiger partial charge on any atom is 0.472 e. The number of carbonyl (C=O) groups excluding carboxylic acids is 2. The summed E-state index contributed by atoms with van der Waals surface area (Å²) in [6, 6.07) is 0. The highest BCUT2D eigenvalue weighted by atomic mass is 31.2. The molecule has 0 amide bonds. The quantitative estimate of drug-likeness (QED) is 0.0306. The summed E-state index contributed by atoms with van der Waals surface area (Å²) < 4.78 is 32.7. The largest absolute Gasteiger partial charge is 0.472 e. The zero-order valence-corrected chi connectivity index (χ0v) is 39.4. The molecule has 0 radical (unpaired) electrons. The molecule has 0 rings (SSSR count). The van der Waals surface area contributed by atoms with E-state index in [4.69, 9.17) is 18.5 Å². The second-order valence-electron chi connectivity index (χ2n) is 17.2. The summed E-state index contributed by atoms with van der Waals surface area (Å²) in [5.41, 5.74) is 0. The molecule has 11 heteroatoms. The molecule has 0 aliphatic carbocycles. The Morgan fingerprint density at radius 1 is 0.390 bits per heavy atom. The van der Waals surface area contributed by atoms with Crippen molar-refractivity contribution in [1.29, 1.82) is 0 Å². The molecule has 10 nitrogen and oxygen atoms in total. The van der Waals surface area contributed by atoms with E-state index in [9.17, 15) is 29.3 Å². The minimum atomic E-state index is -4.63. The van der Waals surface area contributed by atoms with Crippen molar-refractivity contribution < 1.29 is 47.8 Å². The molecule has 2 atom stereocenters. The predicted octanol–water partition coefficient (Wildman–Crippen LogP) is 13.8. The van der Waals surface area contributed by atoms with Crippen LogP contribution in [0.4, 0.5) is 0 Å². The van der Waals surface area contributed by atoms with Gasteiger partial charge in [0.25, 0.3) is 0 Å². The van der Waals surface area contributed by atoms with Gasteiger partial charge in [0.15, 0.2) is 0 Å². The Hall–Kier alpha value is -1.03. The van der Waals surface area contributed by atoms with Gasteiger partial charge in [0, 0.05) is 12.8 Å². The van der Waals surface area contributed by atoms with Crippen LogP contribution in [-0.4, -0.2) is 65.7 Å². The van der Waals surface area contributed by atoms with Gasteiger partial charge in [-0.3, -0.25) is 18.6 Å². The van der Waals surface area contributed by atoms with Gasteiger partial charge in [0.2, 0.25) is 0 Å². The van der Waals surface area contributed by atoms with Crippen molar-refractivity contribution >= 4 is 19.8 Å². The summed E-state index contributed by atoms with van der Waals surface area (Å²) in [5.74, 6) is -1.00. The third-order valence-electron chi connectivity index (χ3n) is 11.3. The highest BCUT2D eigenvalue weighted by molar-refractivity contribution is 7.47. The summed E-state index contributed by atoms with van der Waals surface area (Å²) >= 11 is 0. The van der Waals surface area contributed by atoms with Gasteiger partial charge in [-0.05, 0) is 12.8 Å². The maximum atomic E-state index is 12.4. The molecule has 2 unspecified atom stereocenters. The number of aliphatic hydroxyl groups excluding tert-OH is 2. The SMILES string of the molecule is CCCCCCCCCCCCCCCCCCCCC(=O)OC(CO)COP(=O)(O)OCC(CO)OC(=O)CCCCCCCCCCCCCCCCCCCC. The highest BCUT2D eigenvalue weighted by Gasteiger charge is 2.27. The van der Waals surface area contributed by atoms with E-state index in [1.165, 1.54) is 180 Å². The minimum absolute atomic E-state index is 0.200. The predicted molar refractivity (Wildman–Crippen MR) is 242 cm³/mol. The van der Waals surface area contributed by atoms with E-state index in [1.54, 1.807) is 0 Å². The Balaban J connectivity index is 3.81. The lowest BCUT2D eigenvalue weighted by atomic mass is 10.0. The second kappa shape index (κ2) is 45.0. The summed E-state index contributed by atoms with van der Waals surface area (Å²) in [4.78, 5) is 34.6. The molecule has 0 spiro atoms. The molecule has 0 aromatic carbocycles. The zero-order chi connectivity index (χ0) is 43.3. The van der Waals surface area contributed by atoms with Crippen LogP contribution in [0.5, 0.6) is 0 Å². The molecule has 0 heterocycles. The monoisotopic (exact) mass is 863 g/mol. The standard InChI is InChI=1S/C48H95O10P/c1-3-5-7-9-11-13-15-17-19-21-23-25-27-29-31-33-35-37-39-47(51)57-45(41-49)43-55-59(53,54)56-44-46(42-50)58-48(52)40-38-36-34-32-30-28-26-24-22-20-18-16-14-12-10-8-6-4-2/h45-46,49-50H,3-44H2,1-2H3,(H,53,54). The smallest absolute Gasteiger partial charge is 0.457 e. The Bertz CT molecular complexity index is 881. The highest BCUT2D eigenvalue weighted by Crippen LogP contribution is 2.43. The van der Waals surface area contributed by atoms with Crippen molar-refractivity contribution in [2.24, 2.45) is 0 Å². The Kier molecular flexibility index (Phi) is 44.2. The lowest BCUT2D eigenvalue weighted by Gasteiger charge is -2.20. The molecule has 0 aliphatic rings. The molecule has 352 valence electrons. The average Bonchev–Trinajstić information content (AvgIpc) is 3.22. The van der Waals surface area contributed by atoms with Crippen LogP contribution in [-0.2, 0) is 32.7 Å². The fourth-order valence-corrected chi connectivity index (χ4v) is 8.26. The number of carbonyl (C=O) groups is 2. The molecule has 0 aromatic rings. The van der Waals surface area contributed by atoms with Crippen molar-refractivity contribution in [2.75, 3.05) is 26.4 Å². The first kappa shape index (κ1) is 58.0. The minimum Gasteiger partial charge on any atom is -0.457 e. The molecule has 0 aromatic heterocycles. The van der Waals surface area contributed by atoms with Gasteiger partial charge in [-0.25, -0.2) is 4.57 Å². The van der Waals surface area contributed by atoms with Crippen molar-refractivity contribution in [3.63, 3.8) is 0 Å². The van der Waals surface area contributed by atoms with E-state index < -0.39 is 58.4 Å². The first-order valence-electron chi connectivity index (χ1n) is 25.0. The fourth-order valence-electron chi connectivity index (χ4n) is 7.47. The van der Waals surface area contributed by atoms with Gasteiger partial charge in [-0.1, -0.05) is 232 Å². The van der Waals surface area contributed by atoms with E-state index >= 15 is 0 Å². The van der Waals surface area contributed by atoms with Gasteiger partial charge >= 0.3 is 19.8 Å². The lowest BCUT2D eigenvalue weighted by Crippen LogP contribution is -2.28. The molecular weight excluding hydrogens is 767 g/mol. The number of hydrogen-bond acceptors (Lipinski definition) is 9. The molecule has 0 bridgehead atoms. The number of hydrogen-bond donors (Lipinski definition) is 3. The summed E-state index contributed by atoms with van der Waals surface area (Å²) in [6.07, 6.45) is 43.6. The normalized spacial score (nSPS) is 13.6. The Labute approximate surface area is 363 Å². The fraction of sp³-hybridized carbons (Fsp3) is 0.958. The van der Waals surface area contributed by atoms with Gasteiger partial charge in [-0.15, -0.1) is 0 Å². The van der Waals surface area contributed by atoms with Gasteiger partial charge in [-0.2, -0.15) is 0 Å². The number of esters is 2. The molecule has 0 saturated carbocycles. The number of ether oxygens (including phenoxy) is 2. The third kappa shape index (κ3) is 43.4. The van der Waals surface area contributed by atoms with Crippen molar-refractivity contribution in [3.8, 4) is 0 Å². The van der Waals surface area contributed by atoms with E-state index in [-0.39, 0.29) is 12.8 Å². The first-order chi connectivity index (χ1) is 28.8. The van der Waals surface area contributed by atoms with Crippen LogP contribution in [0.15, 0.2) is 0 Å². The van der Waals surface area contributed by atoms with E-state index in [0.717, 1.165) is 38.5 Å². The molecular formula is C48H95O10P. The van der Waals surface area contributed by atoms with Gasteiger partial charge in [0.1, 0.15) is 12.2 Å². The van der Waals surface area contributed by atoms with Crippen LogP contribution < -0.4 is 0 Å². The van der Waals surface area contributed by atoms with Crippen molar-refractivity contribution in [1.82, 2.24) is 0 Å². The number of phosphoric ester groups is 1.